The van der Waals surface area contributed by atoms with Crippen molar-refractivity contribution in [2.45, 2.75) is 154 Å². The summed E-state index contributed by atoms with van der Waals surface area (Å²) in [6.07, 6.45) is 33.2. The van der Waals surface area contributed by atoms with Crippen molar-refractivity contribution in [2.75, 3.05) is 7.05 Å². The van der Waals surface area contributed by atoms with Crippen LogP contribution in [0.25, 0.3) is 0 Å². The molecule has 1 aliphatic carbocycles. The van der Waals surface area contributed by atoms with E-state index in [0.29, 0.717) is 0 Å². The third-order valence-corrected chi connectivity index (χ3v) is 7.00. The average Bonchev–Trinajstić information content (AvgIpc) is 2.73. The van der Waals surface area contributed by atoms with E-state index in [1.807, 2.05) is 0 Å². The van der Waals surface area contributed by atoms with E-state index in [2.05, 4.69) is 37.9 Å². The molecule has 1 unspecified atom stereocenters. The van der Waals surface area contributed by atoms with Crippen LogP contribution in [0, 0.1) is 0 Å². The van der Waals surface area contributed by atoms with Crippen molar-refractivity contribution >= 4 is 0 Å². The summed E-state index contributed by atoms with van der Waals surface area (Å²) in [4.78, 5) is 2.77. The Balaban J connectivity index is 2.35. The molecule has 0 heterocycles. The van der Waals surface area contributed by atoms with Crippen molar-refractivity contribution in [1.82, 2.24) is 4.90 Å². The Kier molecular flexibility index (Phi) is 17.2. The minimum atomic E-state index is 0.760. The van der Waals surface area contributed by atoms with E-state index in [-0.39, 0.29) is 0 Å². The van der Waals surface area contributed by atoms with Crippen LogP contribution in [0.15, 0.2) is 12.2 Å². The lowest BCUT2D eigenvalue weighted by Gasteiger charge is -2.35. The van der Waals surface area contributed by atoms with Crippen LogP contribution in [0.1, 0.15) is 142 Å². The van der Waals surface area contributed by atoms with Gasteiger partial charge in [0, 0.05) is 12.1 Å². The third-order valence-electron chi connectivity index (χ3n) is 7.00. The maximum Gasteiger partial charge on any atom is 0.0130 e. The van der Waals surface area contributed by atoms with E-state index >= 15 is 0 Å². The molecule has 0 aromatic heterocycles. The smallest absolute Gasteiger partial charge is 0.0130 e. The van der Waals surface area contributed by atoms with Crippen molar-refractivity contribution in [3.8, 4) is 0 Å². The molecule has 0 fully saturated rings. The quantitative estimate of drug-likeness (QED) is 0.237. The molecule has 28 heavy (non-hydrogen) atoms. The van der Waals surface area contributed by atoms with Crippen LogP contribution in [0.3, 0.4) is 0 Å². The number of allylic oxidation sites excluding steroid dienone is 1. The molecule has 0 aliphatic heterocycles. The van der Waals surface area contributed by atoms with E-state index in [0.717, 1.165) is 12.1 Å². The molecule has 0 saturated carbocycles. The fourth-order valence-electron chi connectivity index (χ4n) is 4.89. The second kappa shape index (κ2) is 18.7. The zero-order chi connectivity index (χ0) is 20.3. The number of hydrogen-bond acceptors (Lipinski definition) is 1. The zero-order valence-corrected chi connectivity index (χ0v) is 19.9. The number of unbranched alkanes of at least 4 members (excludes halogenated alkanes) is 7. The van der Waals surface area contributed by atoms with Gasteiger partial charge >= 0.3 is 0 Å². The van der Waals surface area contributed by atoms with Gasteiger partial charge in [0.2, 0.25) is 0 Å². The lowest BCUT2D eigenvalue weighted by Crippen LogP contribution is -2.39. The zero-order valence-electron chi connectivity index (χ0n) is 19.9. The van der Waals surface area contributed by atoms with Crippen LogP contribution in [-0.4, -0.2) is 24.0 Å². The molecule has 0 amide bonds. The predicted octanol–water partition coefficient (Wildman–Crippen LogP) is 9.07. The molecule has 0 bridgehead atoms. The summed E-state index contributed by atoms with van der Waals surface area (Å²) in [7, 11) is 2.43. The maximum atomic E-state index is 2.77. The fourth-order valence-corrected chi connectivity index (χ4v) is 4.89. The molecule has 1 heteroatoms. The molecule has 0 N–H and O–H groups in total. The third kappa shape index (κ3) is 13.0. The lowest BCUT2D eigenvalue weighted by molar-refractivity contribution is 0.147. The van der Waals surface area contributed by atoms with E-state index in [1.54, 1.807) is 0 Å². The van der Waals surface area contributed by atoms with E-state index in [4.69, 9.17) is 0 Å². The van der Waals surface area contributed by atoms with Crippen molar-refractivity contribution in [3.05, 3.63) is 12.2 Å². The Morgan fingerprint density at radius 2 is 1.36 bits per heavy atom. The summed E-state index contributed by atoms with van der Waals surface area (Å²) >= 11 is 0. The van der Waals surface area contributed by atoms with Gasteiger partial charge in [-0.2, -0.15) is 0 Å². The Morgan fingerprint density at radius 1 is 0.750 bits per heavy atom. The summed E-state index contributed by atoms with van der Waals surface area (Å²) in [5.41, 5.74) is 0. The topological polar surface area (TPSA) is 3.24 Å². The highest BCUT2D eigenvalue weighted by molar-refractivity contribution is 4.88. The van der Waals surface area contributed by atoms with Crippen LogP contribution in [0.4, 0.5) is 0 Å². The summed E-state index contributed by atoms with van der Waals surface area (Å²) < 4.78 is 0. The molecule has 0 aromatic rings. The van der Waals surface area contributed by atoms with Gasteiger partial charge in [-0.15, -0.1) is 0 Å². The van der Waals surface area contributed by atoms with Crippen molar-refractivity contribution in [2.24, 2.45) is 0 Å². The minimum Gasteiger partial charge on any atom is -0.300 e. The molecule has 0 radical (unpaired) electrons. The molecular weight excluding hydrogens is 338 g/mol. The Hall–Kier alpha value is -0.300. The van der Waals surface area contributed by atoms with E-state index < -0.39 is 0 Å². The van der Waals surface area contributed by atoms with Crippen molar-refractivity contribution in [1.29, 1.82) is 0 Å². The first-order chi connectivity index (χ1) is 13.8. The number of hydrogen-bond donors (Lipinski definition) is 0. The van der Waals surface area contributed by atoms with Gasteiger partial charge in [0.25, 0.3) is 0 Å². The second-order valence-electron chi connectivity index (χ2n) is 9.40. The minimum absolute atomic E-state index is 0.760. The van der Waals surface area contributed by atoms with Gasteiger partial charge in [0.15, 0.2) is 0 Å². The van der Waals surface area contributed by atoms with E-state index in [1.165, 1.54) is 128 Å². The Bertz CT molecular complexity index is 348. The molecule has 166 valence electrons. The molecule has 1 rings (SSSR count). The van der Waals surface area contributed by atoms with E-state index in [9.17, 15) is 0 Å². The van der Waals surface area contributed by atoms with Gasteiger partial charge < -0.3 is 4.90 Å². The van der Waals surface area contributed by atoms with Crippen LogP contribution in [-0.2, 0) is 0 Å². The maximum absolute atomic E-state index is 2.77. The first-order valence-corrected chi connectivity index (χ1v) is 13.2. The van der Waals surface area contributed by atoms with Crippen LogP contribution >= 0.6 is 0 Å². The summed E-state index contributed by atoms with van der Waals surface area (Å²) in [6, 6.07) is 1.55. The molecule has 0 spiro atoms. The van der Waals surface area contributed by atoms with Crippen LogP contribution < -0.4 is 0 Å². The summed E-state index contributed by atoms with van der Waals surface area (Å²) in [6.45, 7) is 4.71. The highest BCUT2D eigenvalue weighted by Gasteiger charge is 2.20. The standard InChI is InChI=1S/C27H53N/c1-4-6-7-8-9-14-17-20-23-26(5-2)28(3)27-24-21-18-15-12-10-11-13-16-19-22-25-27/h18,21,26-27H,4-17,19-20,22-25H2,1-3H3/b21-18-/t26-,27?/m1/s1. The first-order valence-electron chi connectivity index (χ1n) is 13.2. The lowest BCUT2D eigenvalue weighted by atomic mass is 9.97. The van der Waals surface area contributed by atoms with Crippen molar-refractivity contribution in [3.63, 3.8) is 0 Å². The summed E-state index contributed by atoms with van der Waals surface area (Å²) in [5.74, 6) is 0. The SMILES string of the molecule is CCCCCCCCCC[C@@H](CC)N(C)C1C/C=C\CCCCCCCCC1. The first kappa shape index (κ1) is 25.7. The van der Waals surface area contributed by atoms with Gasteiger partial charge in [0.05, 0.1) is 0 Å². The van der Waals surface area contributed by atoms with Crippen LogP contribution in [0.5, 0.6) is 0 Å². The molecule has 0 aromatic carbocycles. The molecule has 0 saturated heterocycles. The molecule has 1 nitrogen and oxygen atoms in total. The van der Waals surface area contributed by atoms with Gasteiger partial charge in [0.1, 0.15) is 0 Å². The number of rotatable bonds is 12. The average molecular weight is 392 g/mol. The monoisotopic (exact) mass is 391 g/mol. The normalized spacial score (nSPS) is 22.2. The van der Waals surface area contributed by atoms with Crippen LogP contribution in [0.2, 0.25) is 0 Å². The van der Waals surface area contributed by atoms with Gasteiger partial charge in [-0.25, -0.2) is 0 Å². The predicted molar refractivity (Wildman–Crippen MR) is 128 cm³/mol. The van der Waals surface area contributed by atoms with Gasteiger partial charge in [-0.05, 0) is 45.6 Å². The largest absolute Gasteiger partial charge is 0.300 e. The second-order valence-corrected chi connectivity index (χ2v) is 9.40. The molecular formula is C27H53N. The van der Waals surface area contributed by atoms with Crippen molar-refractivity contribution < 1.29 is 0 Å². The highest BCUT2D eigenvalue weighted by Crippen LogP contribution is 2.22. The Labute approximate surface area is 178 Å². The van der Waals surface area contributed by atoms with Gasteiger partial charge in [-0.3, -0.25) is 0 Å². The molecule has 2 atom stereocenters. The van der Waals surface area contributed by atoms with Gasteiger partial charge in [-0.1, -0.05) is 116 Å². The number of nitrogens with zero attached hydrogens (tertiary/aromatic N) is 1. The summed E-state index contributed by atoms with van der Waals surface area (Å²) in [5, 5.41) is 0. The Morgan fingerprint density at radius 3 is 2.04 bits per heavy atom. The fraction of sp³-hybridized carbons (Fsp3) is 0.926. The highest BCUT2D eigenvalue weighted by atomic mass is 15.2. The molecule has 1 aliphatic rings.